The highest BCUT2D eigenvalue weighted by atomic mass is 79.9. The van der Waals surface area contributed by atoms with Gasteiger partial charge < -0.3 is 10.1 Å². The molecule has 0 saturated carbocycles. The lowest BCUT2D eigenvalue weighted by atomic mass is 10.2. The van der Waals surface area contributed by atoms with Gasteiger partial charge in [0.25, 0.3) is 0 Å². The van der Waals surface area contributed by atoms with Gasteiger partial charge in [-0.3, -0.25) is 9.59 Å². The molecule has 34 heavy (non-hydrogen) atoms. The van der Waals surface area contributed by atoms with Crippen molar-refractivity contribution < 1.29 is 19.1 Å². The molecule has 0 aliphatic rings. The zero-order valence-corrected chi connectivity index (χ0v) is 20.3. The summed E-state index contributed by atoms with van der Waals surface area (Å²) in [6.45, 7) is 1.72. The highest BCUT2D eigenvalue weighted by Crippen LogP contribution is 2.23. The number of anilines is 1. The summed E-state index contributed by atoms with van der Waals surface area (Å²) >= 11 is 9.36. The fourth-order valence-electron chi connectivity index (χ4n) is 2.72. The Balaban J connectivity index is 1.63. The summed E-state index contributed by atoms with van der Waals surface area (Å²) in [5.41, 5.74) is 4.46. The lowest BCUT2D eigenvalue weighted by molar-refractivity contribution is -0.136. The van der Waals surface area contributed by atoms with Crippen molar-refractivity contribution in [2.45, 2.75) is 6.92 Å². The zero-order chi connectivity index (χ0) is 24.5. The van der Waals surface area contributed by atoms with Crippen molar-refractivity contribution >= 4 is 63.3 Å². The van der Waals surface area contributed by atoms with Crippen LogP contribution in [0.2, 0.25) is 5.02 Å². The van der Waals surface area contributed by atoms with E-state index in [2.05, 4.69) is 31.8 Å². The van der Waals surface area contributed by atoms with E-state index < -0.39 is 17.8 Å². The summed E-state index contributed by atoms with van der Waals surface area (Å²) in [4.78, 5) is 36.5. The number of hydrogen-bond acceptors (Lipinski definition) is 5. The Bertz CT molecular complexity index is 1280. The molecule has 0 heterocycles. The molecule has 0 aliphatic carbocycles. The molecule has 0 aliphatic heterocycles. The van der Waals surface area contributed by atoms with Crippen LogP contribution in [0, 0.1) is 6.92 Å². The molecule has 0 spiro atoms. The Hall–Kier alpha value is -3.75. The van der Waals surface area contributed by atoms with Crippen LogP contribution in [0.4, 0.5) is 5.69 Å². The van der Waals surface area contributed by atoms with E-state index in [1.54, 1.807) is 49.4 Å². The number of hydrazone groups is 1. The predicted octanol–water partition coefficient (Wildman–Crippen LogP) is 5.12. The number of benzene rings is 3. The second-order valence-electron chi connectivity index (χ2n) is 6.91. The molecule has 0 atom stereocenters. The van der Waals surface area contributed by atoms with Crippen molar-refractivity contribution in [3.8, 4) is 5.75 Å². The number of rotatable bonds is 6. The van der Waals surface area contributed by atoms with Gasteiger partial charge in [-0.15, -0.1) is 0 Å². The van der Waals surface area contributed by atoms with Crippen LogP contribution in [-0.2, 0) is 14.4 Å². The Morgan fingerprint density at radius 2 is 1.76 bits per heavy atom. The number of nitrogens with zero attached hydrogens (tertiary/aromatic N) is 1. The van der Waals surface area contributed by atoms with E-state index in [-0.39, 0.29) is 5.75 Å². The molecule has 2 amide bonds. The van der Waals surface area contributed by atoms with Gasteiger partial charge in [0.05, 0.1) is 6.21 Å². The number of halogens is 2. The van der Waals surface area contributed by atoms with Gasteiger partial charge >= 0.3 is 17.8 Å². The van der Waals surface area contributed by atoms with Gasteiger partial charge in [-0.05, 0) is 54.5 Å². The first-order valence-corrected chi connectivity index (χ1v) is 11.1. The molecule has 2 N–H and O–H groups in total. The van der Waals surface area contributed by atoms with Crippen LogP contribution in [0.3, 0.4) is 0 Å². The number of carbonyl (C=O) groups is 3. The Kier molecular flexibility index (Phi) is 8.73. The zero-order valence-electron chi connectivity index (χ0n) is 17.9. The minimum Gasteiger partial charge on any atom is -0.423 e. The van der Waals surface area contributed by atoms with Gasteiger partial charge in [-0.2, -0.15) is 5.10 Å². The average molecular weight is 541 g/mol. The normalized spacial score (nSPS) is 10.9. The molecule has 172 valence electrons. The Labute approximate surface area is 209 Å². The van der Waals surface area contributed by atoms with Crippen LogP contribution < -0.4 is 15.5 Å². The van der Waals surface area contributed by atoms with Crippen molar-refractivity contribution in [3.05, 3.63) is 99.0 Å². The fraction of sp³-hybridized carbons (Fsp3) is 0.0400. The second kappa shape index (κ2) is 11.9. The van der Waals surface area contributed by atoms with Gasteiger partial charge in [-0.1, -0.05) is 63.9 Å². The molecule has 0 aromatic heterocycles. The molecule has 3 rings (SSSR count). The molecule has 0 bridgehead atoms. The molecule has 9 heteroatoms. The third kappa shape index (κ3) is 7.13. The van der Waals surface area contributed by atoms with E-state index in [1.165, 1.54) is 12.3 Å². The van der Waals surface area contributed by atoms with Crippen LogP contribution in [0.25, 0.3) is 6.08 Å². The lowest BCUT2D eigenvalue weighted by Crippen LogP contribution is -2.32. The summed E-state index contributed by atoms with van der Waals surface area (Å²) in [5.74, 6) is -2.24. The first kappa shape index (κ1) is 24.9. The maximum Gasteiger partial charge on any atom is 0.336 e. The highest BCUT2D eigenvalue weighted by molar-refractivity contribution is 9.10. The summed E-state index contributed by atoms with van der Waals surface area (Å²) in [6.07, 6.45) is 4.21. The van der Waals surface area contributed by atoms with Crippen LogP contribution in [0.5, 0.6) is 5.75 Å². The van der Waals surface area contributed by atoms with Crippen molar-refractivity contribution in [1.29, 1.82) is 0 Å². The minimum absolute atomic E-state index is 0.225. The first-order chi connectivity index (χ1) is 16.3. The van der Waals surface area contributed by atoms with Crippen molar-refractivity contribution in [2.24, 2.45) is 5.10 Å². The van der Waals surface area contributed by atoms with E-state index in [0.29, 0.717) is 26.3 Å². The third-order valence-corrected chi connectivity index (χ3v) is 5.39. The first-order valence-electron chi connectivity index (χ1n) is 9.97. The number of nitrogens with one attached hydrogen (secondary N) is 2. The van der Waals surface area contributed by atoms with Crippen molar-refractivity contribution in [2.75, 3.05) is 5.32 Å². The highest BCUT2D eigenvalue weighted by Gasteiger charge is 2.15. The van der Waals surface area contributed by atoms with Crippen molar-refractivity contribution in [1.82, 2.24) is 5.43 Å². The summed E-state index contributed by atoms with van der Waals surface area (Å²) < 4.78 is 6.09. The van der Waals surface area contributed by atoms with Crippen LogP contribution in [-0.4, -0.2) is 24.0 Å². The minimum atomic E-state index is -0.977. The summed E-state index contributed by atoms with van der Waals surface area (Å²) in [7, 11) is 0. The maximum absolute atomic E-state index is 12.2. The second-order valence-corrected chi connectivity index (χ2v) is 8.24. The molecular weight excluding hydrogens is 522 g/mol. The third-order valence-electron chi connectivity index (χ3n) is 4.49. The number of amides is 2. The maximum atomic E-state index is 12.2. The summed E-state index contributed by atoms with van der Waals surface area (Å²) in [5, 5.41) is 6.75. The number of ether oxygens (including phenoxy) is 1. The number of carbonyl (C=O) groups excluding carboxylic acids is 3. The monoisotopic (exact) mass is 539 g/mol. The SMILES string of the molecule is Cc1c(Cl)cccc1NC(=O)C(=O)N/N=C/c1cc(Br)ccc1OC(=O)/C=C/c1ccccc1. The van der Waals surface area contributed by atoms with Crippen molar-refractivity contribution in [3.63, 3.8) is 0 Å². The van der Waals surface area contributed by atoms with Gasteiger partial charge in [0, 0.05) is 26.8 Å². The largest absolute Gasteiger partial charge is 0.423 e. The predicted molar refractivity (Wildman–Crippen MR) is 136 cm³/mol. The fourth-order valence-corrected chi connectivity index (χ4v) is 3.27. The smallest absolute Gasteiger partial charge is 0.336 e. The number of esters is 1. The quantitative estimate of drug-likeness (QED) is 0.113. The van der Waals surface area contributed by atoms with E-state index in [9.17, 15) is 14.4 Å². The number of hydrogen-bond donors (Lipinski definition) is 2. The molecule has 0 radical (unpaired) electrons. The van der Waals surface area contributed by atoms with Gasteiger partial charge in [0.1, 0.15) is 5.75 Å². The van der Waals surface area contributed by atoms with E-state index in [1.807, 2.05) is 30.3 Å². The Morgan fingerprint density at radius 1 is 1.00 bits per heavy atom. The van der Waals surface area contributed by atoms with E-state index >= 15 is 0 Å². The van der Waals surface area contributed by atoms with E-state index in [4.69, 9.17) is 16.3 Å². The molecule has 7 nitrogen and oxygen atoms in total. The standard InChI is InChI=1S/C25H19BrClN3O4/c1-16-20(27)8-5-9-21(16)29-24(32)25(33)30-28-15-18-14-19(26)11-12-22(18)34-23(31)13-10-17-6-3-2-4-7-17/h2-15H,1H3,(H,29,32)(H,30,33)/b13-10+,28-15+. The lowest BCUT2D eigenvalue weighted by Gasteiger charge is -2.08. The average Bonchev–Trinajstić information content (AvgIpc) is 2.83. The molecule has 3 aromatic carbocycles. The van der Waals surface area contributed by atoms with Crippen LogP contribution in [0.15, 0.2) is 82.4 Å². The van der Waals surface area contributed by atoms with Gasteiger partial charge in [-0.25, -0.2) is 10.2 Å². The van der Waals surface area contributed by atoms with E-state index in [0.717, 1.165) is 5.56 Å². The topological polar surface area (TPSA) is 96.9 Å². The Morgan fingerprint density at radius 3 is 2.53 bits per heavy atom. The molecule has 3 aromatic rings. The molecular formula is C25H19BrClN3O4. The van der Waals surface area contributed by atoms with Gasteiger partial charge in [0.15, 0.2) is 0 Å². The van der Waals surface area contributed by atoms with Gasteiger partial charge in [0.2, 0.25) is 0 Å². The molecule has 0 fully saturated rings. The molecule has 0 saturated heterocycles. The van der Waals surface area contributed by atoms with Crippen LogP contribution >= 0.6 is 27.5 Å². The summed E-state index contributed by atoms with van der Waals surface area (Å²) in [6, 6.07) is 19.2. The molecule has 0 unspecified atom stereocenters. The van der Waals surface area contributed by atoms with Crippen LogP contribution in [0.1, 0.15) is 16.7 Å².